The summed E-state index contributed by atoms with van der Waals surface area (Å²) in [6.45, 7) is 4.45. The third-order valence-electron chi connectivity index (χ3n) is 8.41. The predicted octanol–water partition coefficient (Wildman–Crippen LogP) is 4.62. The molecule has 39 heavy (non-hydrogen) atoms. The van der Waals surface area contributed by atoms with E-state index >= 15 is 0 Å². The van der Waals surface area contributed by atoms with Crippen molar-refractivity contribution in [3.63, 3.8) is 0 Å². The maximum absolute atomic E-state index is 14.7. The molecule has 2 atom stereocenters. The van der Waals surface area contributed by atoms with Gasteiger partial charge in [0.1, 0.15) is 17.3 Å². The first kappa shape index (κ1) is 25.4. The average molecular weight is 551 g/mol. The van der Waals surface area contributed by atoms with Gasteiger partial charge in [-0.1, -0.05) is 26.0 Å². The number of benzene rings is 1. The van der Waals surface area contributed by atoms with Gasteiger partial charge in [-0.25, -0.2) is 27.2 Å². The number of aromatic nitrogens is 3. The van der Waals surface area contributed by atoms with Gasteiger partial charge in [-0.2, -0.15) is 0 Å². The van der Waals surface area contributed by atoms with Gasteiger partial charge in [-0.15, -0.1) is 0 Å². The summed E-state index contributed by atoms with van der Waals surface area (Å²) in [5, 5.41) is 1.68. The van der Waals surface area contributed by atoms with E-state index in [1.54, 1.807) is 12.1 Å². The molecule has 8 nitrogen and oxygen atoms in total. The molecule has 3 aliphatic rings. The third-order valence-corrected chi connectivity index (χ3v) is 8.99. The summed E-state index contributed by atoms with van der Waals surface area (Å²) in [7, 11) is -1.70. The maximum Gasteiger partial charge on any atom is 0.231 e. The molecule has 1 aromatic carbocycles. The summed E-state index contributed by atoms with van der Waals surface area (Å²) in [4.78, 5) is 13.6. The standard InChI is InChI=1S/C28H28F2N6O2S/c1-27(2)17-11-12-28(27,26-16(17)13-22(36(3)34-26)25-18(29)7-5-8-19(25)30)23-10-6-9-20(33-23)21-14-32-24(15-31-21)35-39(4,37)38/h5-10,13-15,17,34H,11-12H2,1-4H3,(H,32,35)/t17-,28-/m0/s1. The third kappa shape index (κ3) is 3.82. The van der Waals surface area contributed by atoms with Crippen molar-refractivity contribution in [1.29, 1.82) is 0 Å². The molecular weight excluding hydrogens is 522 g/mol. The molecule has 2 aliphatic carbocycles. The quantitative estimate of drug-likeness (QED) is 0.478. The summed E-state index contributed by atoms with van der Waals surface area (Å²) >= 11 is 0. The minimum atomic E-state index is -3.47. The molecule has 1 fully saturated rings. The van der Waals surface area contributed by atoms with Crippen molar-refractivity contribution in [1.82, 2.24) is 25.4 Å². The lowest BCUT2D eigenvalue weighted by Gasteiger charge is -2.43. The first-order valence-corrected chi connectivity index (χ1v) is 14.5. The molecule has 3 aromatic rings. The van der Waals surface area contributed by atoms with Crippen LogP contribution in [0.2, 0.25) is 0 Å². The second-order valence-corrected chi connectivity index (χ2v) is 12.7. The number of pyridine rings is 1. The number of rotatable bonds is 5. The van der Waals surface area contributed by atoms with E-state index in [9.17, 15) is 17.2 Å². The van der Waals surface area contributed by atoms with Gasteiger partial charge in [0.2, 0.25) is 10.0 Å². The predicted molar refractivity (Wildman–Crippen MR) is 144 cm³/mol. The van der Waals surface area contributed by atoms with Crippen LogP contribution >= 0.6 is 0 Å². The van der Waals surface area contributed by atoms with Crippen molar-refractivity contribution in [3.05, 3.63) is 89.0 Å². The smallest absolute Gasteiger partial charge is 0.231 e. The molecule has 2 aromatic heterocycles. The zero-order valence-electron chi connectivity index (χ0n) is 22.0. The second kappa shape index (κ2) is 8.57. The van der Waals surface area contributed by atoms with Crippen molar-refractivity contribution in [2.45, 2.75) is 32.1 Å². The van der Waals surface area contributed by atoms with Crippen LogP contribution in [0.15, 0.2) is 66.1 Å². The van der Waals surface area contributed by atoms with Crippen LogP contribution in [0.1, 0.15) is 37.9 Å². The van der Waals surface area contributed by atoms with Gasteiger partial charge < -0.3 is 5.43 Å². The Morgan fingerprint density at radius 2 is 1.77 bits per heavy atom. The van der Waals surface area contributed by atoms with Gasteiger partial charge in [-0.05, 0) is 60.1 Å². The van der Waals surface area contributed by atoms with Crippen LogP contribution in [0.3, 0.4) is 0 Å². The molecule has 202 valence electrons. The molecule has 0 radical (unpaired) electrons. The van der Waals surface area contributed by atoms with E-state index in [0.29, 0.717) is 17.1 Å². The van der Waals surface area contributed by atoms with Gasteiger partial charge in [-0.3, -0.25) is 14.7 Å². The Labute approximate surface area is 225 Å². The second-order valence-electron chi connectivity index (χ2n) is 10.9. The number of hydrogen-bond donors (Lipinski definition) is 2. The number of anilines is 1. The highest BCUT2D eigenvalue weighted by Gasteiger charge is 2.65. The molecule has 0 unspecified atom stereocenters. The lowest BCUT2D eigenvalue weighted by Crippen LogP contribution is -2.47. The van der Waals surface area contributed by atoms with Crippen molar-refractivity contribution >= 4 is 21.5 Å². The molecule has 0 saturated heterocycles. The van der Waals surface area contributed by atoms with Crippen molar-refractivity contribution in [2.75, 3.05) is 18.0 Å². The highest BCUT2D eigenvalue weighted by atomic mass is 32.2. The molecule has 2 N–H and O–H groups in total. The number of nitrogens with one attached hydrogen (secondary N) is 2. The summed E-state index contributed by atoms with van der Waals surface area (Å²) in [5.41, 5.74) is 7.21. The number of halogens is 2. The van der Waals surface area contributed by atoms with Crippen LogP contribution in [0.5, 0.6) is 0 Å². The molecule has 11 heteroatoms. The van der Waals surface area contributed by atoms with Crippen LogP contribution in [-0.2, 0) is 15.4 Å². The zero-order valence-corrected chi connectivity index (χ0v) is 22.8. The van der Waals surface area contributed by atoms with Crippen LogP contribution < -0.4 is 10.1 Å². The monoisotopic (exact) mass is 550 g/mol. The number of allylic oxidation sites excluding steroid dienone is 3. The van der Waals surface area contributed by atoms with E-state index in [4.69, 9.17) is 4.98 Å². The highest BCUT2D eigenvalue weighted by Crippen LogP contribution is 2.68. The Morgan fingerprint density at radius 1 is 1.05 bits per heavy atom. The van der Waals surface area contributed by atoms with E-state index in [0.717, 1.165) is 36.1 Å². The summed E-state index contributed by atoms with van der Waals surface area (Å²) < 4.78 is 54.8. The molecule has 0 amide bonds. The van der Waals surface area contributed by atoms with Crippen LogP contribution in [0.4, 0.5) is 14.6 Å². The van der Waals surface area contributed by atoms with E-state index in [1.165, 1.54) is 30.6 Å². The number of nitrogens with zero attached hydrogens (tertiary/aromatic N) is 4. The average Bonchev–Trinajstić information content (AvgIpc) is 3.24. The number of hydrogen-bond acceptors (Lipinski definition) is 7. The van der Waals surface area contributed by atoms with Gasteiger partial charge in [0, 0.05) is 12.7 Å². The molecule has 6 rings (SSSR count). The minimum Gasteiger partial charge on any atom is -0.301 e. The van der Waals surface area contributed by atoms with Crippen LogP contribution in [0.25, 0.3) is 17.1 Å². The van der Waals surface area contributed by atoms with E-state index in [2.05, 4.69) is 34.0 Å². The first-order chi connectivity index (χ1) is 18.4. The van der Waals surface area contributed by atoms with Gasteiger partial charge in [0.15, 0.2) is 5.82 Å². The summed E-state index contributed by atoms with van der Waals surface area (Å²) in [6.07, 6.45) is 7.60. The van der Waals surface area contributed by atoms with E-state index < -0.39 is 27.1 Å². The minimum absolute atomic E-state index is 0.0545. The van der Waals surface area contributed by atoms with Crippen molar-refractivity contribution in [3.8, 4) is 11.4 Å². The fraction of sp³-hybridized carbons (Fsp3) is 0.321. The normalized spacial score (nSPS) is 23.4. The lowest BCUT2D eigenvalue weighted by molar-refractivity contribution is 0.205. The molecular formula is C28H28F2N6O2S. The SMILES string of the molecule is CN1NC2=C(C=C1c1c(F)cccc1F)[C@@H]1CC[C@@]2(c2cccc(-c3cnc(NS(C)(=O)=O)cn3)n2)C1(C)C. The van der Waals surface area contributed by atoms with E-state index in [1.807, 2.05) is 24.3 Å². The fourth-order valence-electron chi connectivity index (χ4n) is 6.64. The maximum atomic E-state index is 14.7. The fourth-order valence-corrected chi connectivity index (χ4v) is 7.13. The Kier molecular flexibility index (Phi) is 5.59. The number of sulfonamides is 1. The highest BCUT2D eigenvalue weighted by molar-refractivity contribution is 7.92. The van der Waals surface area contributed by atoms with Crippen LogP contribution in [-0.4, -0.2) is 41.7 Å². The molecule has 1 aliphatic heterocycles. The Balaban J connectivity index is 1.44. The van der Waals surface area contributed by atoms with Gasteiger partial charge in [0.25, 0.3) is 0 Å². The first-order valence-electron chi connectivity index (χ1n) is 12.6. The van der Waals surface area contributed by atoms with Gasteiger partial charge >= 0.3 is 0 Å². The van der Waals surface area contributed by atoms with Crippen molar-refractivity contribution < 1.29 is 17.2 Å². The molecule has 1 saturated carbocycles. The molecule has 3 heterocycles. The molecule has 2 bridgehead atoms. The molecule has 0 spiro atoms. The topological polar surface area (TPSA) is 100 Å². The van der Waals surface area contributed by atoms with Crippen molar-refractivity contribution in [2.24, 2.45) is 11.3 Å². The largest absolute Gasteiger partial charge is 0.301 e. The zero-order chi connectivity index (χ0) is 27.7. The van der Waals surface area contributed by atoms with Crippen LogP contribution in [0, 0.1) is 23.0 Å². The Hall–Kier alpha value is -3.86. The van der Waals surface area contributed by atoms with Gasteiger partial charge in [0.05, 0.1) is 46.7 Å². The summed E-state index contributed by atoms with van der Waals surface area (Å²) in [5.74, 6) is -0.913. The Morgan fingerprint density at radius 3 is 2.44 bits per heavy atom. The summed E-state index contributed by atoms with van der Waals surface area (Å²) in [6, 6.07) is 9.69. The Bertz CT molecular complexity index is 1650. The van der Waals surface area contributed by atoms with E-state index in [-0.39, 0.29) is 22.7 Å². The lowest BCUT2D eigenvalue weighted by atomic mass is 9.65. The number of hydrazine groups is 1. The number of fused-ring (bicyclic) bond motifs is 4.